The summed E-state index contributed by atoms with van der Waals surface area (Å²) in [5.41, 5.74) is 0.379. The first-order chi connectivity index (χ1) is 20.1. The lowest BCUT2D eigenvalue weighted by atomic mass is 9.98. The molecule has 0 saturated heterocycles. The number of carboxylic acid groups (broad SMARTS) is 2. The van der Waals surface area contributed by atoms with Crippen LogP contribution in [0.1, 0.15) is 59.5 Å². The average Bonchev–Trinajstić information content (AvgIpc) is 3.67. The SMILES string of the molecule is CC1(C)Oc2c([CH]c3c4c(c(C(=O)O)c5c3SC(CO)(CO)S5)SC(CO)(CO)S4)c3c(c(C(=O)O)c2O1)OC(C)(C)O3. The van der Waals surface area contributed by atoms with Crippen LogP contribution in [0.4, 0.5) is 0 Å². The highest BCUT2D eigenvalue weighted by molar-refractivity contribution is 8.22. The van der Waals surface area contributed by atoms with E-state index in [-0.39, 0.29) is 39.7 Å². The van der Waals surface area contributed by atoms with Crippen molar-refractivity contribution in [3.8, 4) is 23.0 Å². The maximum Gasteiger partial charge on any atom is 0.343 e. The normalized spacial score (nSPS) is 20.7. The second-order valence-corrected chi connectivity index (χ2v) is 17.1. The third kappa shape index (κ3) is 4.72. The number of hydrogen-bond donors (Lipinski definition) is 6. The second kappa shape index (κ2) is 10.2. The molecule has 0 aliphatic carbocycles. The van der Waals surface area contributed by atoms with Gasteiger partial charge >= 0.3 is 11.9 Å². The third-order valence-electron chi connectivity index (χ3n) is 6.94. The molecule has 0 aromatic heterocycles. The van der Waals surface area contributed by atoms with Crippen LogP contribution in [0.3, 0.4) is 0 Å². The zero-order valence-electron chi connectivity index (χ0n) is 23.2. The predicted octanol–water partition coefficient (Wildman–Crippen LogP) is 3.46. The summed E-state index contributed by atoms with van der Waals surface area (Å²) in [5.74, 6) is -5.06. The van der Waals surface area contributed by atoms with Gasteiger partial charge in [-0.25, -0.2) is 9.59 Å². The quantitative estimate of drug-likeness (QED) is 0.239. The number of fused-ring (bicyclic) bond motifs is 4. The van der Waals surface area contributed by atoms with Gasteiger partial charge in [-0.15, -0.1) is 47.0 Å². The molecule has 4 heterocycles. The molecule has 43 heavy (non-hydrogen) atoms. The van der Waals surface area contributed by atoms with Crippen LogP contribution in [-0.4, -0.2) is 88.7 Å². The van der Waals surface area contributed by atoms with Gasteiger partial charge in [-0.3, -0.25) is 0 Å². The Labute approximate surface area is 262 Å². The minimum absolute atomic E-state index is 0.0663. The van der Waals surface area contributed by atoms with Crippen molar-refractivity contribution in [1.29, 1.82) is 0 Å². The molecule has 2 aromatic carbocycles. The summed E-state index contributed by atoms with van der Waals surface area (Å²) in [6.07, 6.45) is 1.65. The van der Waals surface area contributed by atoms with Gasteiger partial charge in [0.05, 0.1) is 37.6 Å². The van der Waals surface area contributed by atoms with Gasteiger partial charge in [0.1, 0.15) is 8.16 Å². The molecule has 4 aliphatic rings. The number of thioether (sulfide) groups is 4. The maximum absolute atomic E-state index is 12.7. The molecule has 2 aromatic rings. The molecule has 6 rings (SSSR count). The van der Waals surface area contributed by atoms with E-state index in [1.165, 1.54) is 0 Å². The van der Waals surface area contributed by atoms with E-state index >= 15 is 0 Å². The summed E-state index contributed by atoms with van der Waals surface area (Å²) in [6.45, 7) is 4.58. The number of hydrogen-bond acceptors (Lipinski definition) is 14. The summed E-state index contributed by atoms with van der Waals surface area (Å²) in [6, 6.07) is 0. The molecule has 0 atom stereocenters. The smallest absolute Gasteiger partial charge is 0.343 e. The average molecular weight is 672 g/mol. The van der Waals surface area contributed by atoms with Crippen LogP contribution in [0.25, 0.3) is 0 Å². The van der Waals surface area contributed by atoms with Crippen LogP contribution >= 0.6 is 47.0 Å². The van der Waals surface area contributed by atoms with Gasteiger partial charge in [-0.05, 0) is 5.56 Å². The fraction of sp³-hybridized carbons (Fsp3) is 0.444. The van der Waals surface area contributed by atoms with Crippen LogP contribution in [0.2, 0.25) is 0 Å². The third-order valence-corrected chi connectivity index (χ3v) is 13.2. The van der Waals surface area contributed by atoms with Gasteiger partial charge in [0, 0.05) is 53.7 Å². The van der Waals surface area contributed by atoms with E-state index in [1.54, 1.807) is 34.1 Å². The van der Waals surface area contributed by atoms with Gasteiger partial charge < -0.3 is 49.6 Å². The highest BCUT2D eigenvalue weighted by Crippen LogP contribution is 2.67. The summed E-state index contributed by atoms with van der Waals surface area (Å²) < 4.78 is 21.7. The highest BCUT2D eigenvalue weighted by Gasteiger charge is 2.51. The van der Waals surface area contributed by atoms with Gasteiger partial charge in [-0.1, -0.05) is 0 Å². The van der Waals surface area contributed by atoms with Crippen LogP contribution in [0.5, 0.6) is 23.0 Å². The zero-order valence-corrected chi connectivity index (χ0v) is 26.4. The lowest BCUT2D eigenvalue weighted by Crippen LogP contribution is -2.31. The van der Waals surface area contributed by atoms with E-state index in [0.717, 1.165) is 47.0 Å². The molecule has 0 saturated carbocycles. The summed E-state index contributed by atoms with van der Waals surface area (Å²) in [5, 5.41) is 61.5. The van der Waals surface area contributed by atoms with E-state index in [1.807, 2.05) is 0 Å². The summed E-state index contributed by atoms with van der Waals surface area (Å²) in [7, 11) is 0. The molecule has 0 amide bonds. The maximum atomic E-state index is 12.7. The fourth-order valence-corrected chi connectivity index (χ4v) is 11.0. The minimum Gasteiger partial charge on any atom is -0.478 e. The van der Waals surface area contributed by atoms with Crippen molar-refractivity contribution in [3.05, 3.63) is 28.7 Å². The number of ether oxygens (including phenoxy) is 4. The standard InChI is InChI=1S/C27H27O12S4/c1-24(2)36-14-10(15-17(39-25(3,4)37-15)12(22(32)33)16(14)38-24)5-11-18-20(42-26(6-28,7-29)40-18)13(23(34)35)21-19(11)41-27(8-30,9-31)43-21/h5,28-31H,6-9H2,1-4H3,(H,32,33)(H,34,35). The Morgan fingerprint density at radius 1 is 0.581 bits per heavy atom. The molecular weight excluding hydrogens is 645 g/mol. The van der Waals surface area contributed by atoms with E-state index in [4.69, 9.17) is 18.9 Å². The molecule has 0 spiro atoms. The first-order valence-electron chi connectivity index (χ1n) is 12.9. The fourth-order valence-electron chi connectivity index (χ4n) is 5.11. The summed E-state index contributed by atoms with van der Waals surface area (Å²) in [4.78, 5) is 26.6. The predicted molar refractivity (Wildman–Crippen MR) is 157 cm³/mol. The van der Waals surface area contributed by atoms with Crippen molar-refractivity contribution in [2.75, 3.05) is 26.4 Å². The molecule has 1 radical (unpaired) electrons. The molecular formula is C27H27O12S4. The number of benzene rings is 2. The van der Waals surface area contributed by atoms with E-state index in [9.17, 15) is 40.2 Å². The van der Waals surface area contributed by atoms with Crippen LogP contribution in [0.15, 0.2) is 19.6 Å². The Kier molecular flexibility index (Phi) is 7.29. The molecule has 12 nitrogen and oxygen atoms in total. The van der Waals surface area contributed by atoms with Crippen molar-refractivity contribution in [2.45, 2.75) is 67.0 Å². The minimum atomic E-state index is -1.32. The molecule has 4 aliphatic heterocycles. The van der Waals surface area contributed by atoms with Crippen molar-refractivity contribution in [1.82, 2.24) is 0 Å². The van der Waals surface area contributed by atoms with Gasteiger partial charge in [0.15, 0.2) is 28.6 Å². The van der Waals surface area contributed by atoms with Gasteiger partial charge in [0.25, 0.3) is 0 Å². The molecule has 0 unspecified atom stereocenters. The van der Waals surface area contributed by atoms with Crippen LogP contribution < -0.4 is 18.9 Å². The molecule has 0 fully saturated rings. The largest absolute Gasteiger partial charge is 0.478 e. The Hall–Kier alpha value is -2.18. The lowest BCUT2D eigenvalue weighted by Gasteiger charge is -2.22. The van der Waals surface area contributed by atoms with E-state index in [2.05, 4.69) is 0 Å². The first-order valence-corrected chi connectivity index (χ1v) is 16.1. The molecule has 16 heteroatoms. The van der Waals surface area contributed by atoms with Crippen molar-refractivity contribution in [3.63, 3.8) is 0 Å². The van der Waals surface area contributed by atoms with Crippen molar-refractivity contribution in [2.24, 2.45) is 0 Å². The van der Waals surface area contributed by atoms with Gasteiger partial charge in [-0.2, -0.15) is 0 Å². The highest BCUT2D eigenvalue weighted by atomic mass is 32.2. The van der Waals surface area contributed by atoms with Crippen LogP contribution in [0, 0.1) is 6.42 Å². The zero-order chi connectivity index (χ0) is 31.3. The number of carbonyl (C=O) groups is 2. The number of aliphatic hydroxyl groups excluding tert-OH is 4. The van der Waals surface area contributed by atoms with E-state index in [0.29, 0.717) is 25.1 Å². The Morgan fingerprint density at radius 3 is 1.28 bits per heavy atom. The Balaban J connectivity index is 1.64. The molecule has 0 bridgehead atoms. The monoisotopic (exact) mass is 671 g/mol. The lowest BCUT2D eigenvalue weighted by molar-refractivity contribution is -0.0490. The Morgan fingerprint density at radius 2 is 0.930 bits per heavy atom. The van der Waals surface area contributed by atoms with E-state index < -0.39 is 58.1 Å². The summed E-state index contributed by atoms with van der Waals surface area (Å²) >= 11 is 4.25. The number of aromatic carboxylic acids is 2. The first kappa shape index (κ1) is 30.8. The molecule has 231 valence electrons. The number of carboxylic acids is 2. The Bertz CT molecular complexity index is 1480. The second-order valence-electron chi connectivity index (χ2n) is 11.0. The number of rotatable bonds is 8. The number of aliphatic hydroxyl groups is 4. The topological polar surface area (TPSA) is 192 Å². The van der Waals surface area contributed by atoms with Crippen LogP contribution in [-0.2, 0) is 0 Å². The van der Waals surface area contributed by atoms with Crippen molar-refractivity contribution < 1.29 is 59.2 Å². The van der Waals surface area contributed by atoms with Gasteiger partial charge in [0.2, 0.25) is 11.6 Å². The molecule has 6 N–H and O–H groups in total. The van der Waals surface area contributed by atoms with Crippen molar-refractivity contribution >= 4 is 59.0 Å².